The Morgan fingerprint density at radius 3 is 2.95 bits per heavy atom. The van der Waals surface area contributed by atoms with Gasteiger partial charge in [-0.2, -0.15) is 0 Å². The van der Waals surface area contributed by atoms with Gasteiger partial charge in [0.15, 0.2) is 5.11 Å². The minimum Gasteiger partial charge on any atom is -0.360 e. The third-order valence-corrected chi connectivity index (χ3v) is 6.00. The summed E-state index contributed by atoms with van der Waals surface area (Å²) in [5.74, 6) is 1.85. The molecule has 4 unspecified atom stereocenters. The average Bonchev–Trinajstić information content (AvgIpc) is 3.14. The van der Waals surface area contributed by atoms with Gasteiger partial charge in [0.1, 0.15) is 0 Å². The van der Waals surface area contributed by atoms with Gasteiger partial charge < -0.3 is 14.8 Å². The third-order valence-electron chi connectivity index (χ3n) is 5.65. The van der Waals surface area contributed by atoms with Crippen LogP contribution in [0.15, 0.2) is 18.3 Å². The Bertz CT molecular complexity index is 524. The zero-order valence-corrected chi connectivity index (χ0v) is 12.9. The monoisotopic (exact) mass is 289 g/mol. The maximum atomic E-state index is 5.71. The van der Waals surface area contributed by atoms with Crippen molar-refractivity contribution in [1.82, 2.24) is 14.8 Å². The highest BCUT2D eigenvalue weighted by Crippen LogP contribution is 2.44. The fourth-order valence-corrected chi connectivity index (χ4v) is 4.92. The molecular formula is C16H23N3S. The van der Waals surface area contributed by atoms with Gasteiger partial charge in [0.05, 0.1) is 6.04 Å². The van der Waals surface area contributed by atoms with Crippen LogP contribution in [0.4, 0.5) is 0 Å². The summed E-state index contributed by atoms with van der Waals surface area (Å²) in [6.45, 7) is 4.33. The molecule has 2 aliphatic carbocycles. The summed E-state index contributed by atoms with van der Waals surface area (Å²) in [7, 11) is 0. The Balaban J connectivity index is 1.44. The first kappa shape index (κ1) is 12.7. The summed E-state index contributed by atoms with van der Waals surface area (Å²) in [5.41, 5.74) is 1.38. The van der Waals surface area contributed by atoms with Crippen LogP contribution in [-0.4, -0.2) is 27.2 Å². The van der Waals surface area contributed by atoms with E-state index in [0.29, 0.717) is 12.1 Å². The quantitative estimate of drug-likeness (QED) is 0.803. The summed E-state index contributed by atoms with van der Waals surface area (Å²) >= 11 is 5.71. The van der Waals surface area contributed by atoms with Gasteiger partial charge >= 0.3 is 0 Å². The Morgan fingerprint density at radius 1 is 1.30 bits per heavy atom. The second-order valence-electron chi connectivity index (χ2n) is 6.73. The highest BCUT2D eigenvalue weighted by molar-refractivity contribution is 7.80. The fraction of sp³-hybridized carbons (Fsp3) is 0.688. The van der Waals surface area contributed by atoms with Gasteiger partial charge in [-0.05, 0) is 62.4 Å². The molecule has 4 atom stereocenters. The molecule has 2 heterocycles. The second-order valence-corrected chi connectivity index (χ2v) is 7.11. The van der Waals surface area contributed by atoms with Gasteiger partial charge in [0, 0.05) is 31.0 Å². The van der Waals surface area contributed by atoms with E-state index in [9.17, 15) is 0 Å². The van der Waals surface area contributed by atoms with Gasteiger partial charge in [-0.15, -0.1) is 0 Å². The molecule has 2 bridgehead atoms. The first-order valence-corrected chi connectivity index (χ1v) is 8.35. The summed E-state index contributed by atoms with van der Waals surface area (Å²) in [6, 6.07) is 5.39. The topological polar surface area (TPSA) is 20.2 Å². The molecule has 0 aromatic carbocycles. The molecule has 3 nitrogen and oxygen atoms in total. The van der Waals surface area contributed by atoms with Gasteiger partial charge in [0.2, 0.25) is 0 Å². The number of aromatic nitrogens is 1. The van der Waals surface area contributed by atoms with E-state index in [4.69, 9.17) is 12.2 Å². The predicted octanol–water partition coefficient (Wildman–Crippen LogP) is 2.93. The fourth-order valence-electron chi connectivity index (χ4n) is 4.52. The standard InChI is InChI=1S/C16H23N3S/c1-11-15-3-2-6-18(15)7-8-19(11)16(20)17-14-10-12-4-5-13(14)9-12/h2-3,6,11-14H,4-5,7-10H2,1H3,(H,17,20). The summed E-state index contributed by atoms with van der Waals surface area (Å²) < 4.78 is 2.35. The van der Waals surface area contributed by atoms with Gasteiger partial charge in [-0.3, -0.25) is 0 Å². The van der Waals surface area contributed by atoms with Crippen LogP contribution in [-0.2, 0) is 6.54 Å². The van der Waals surface area contributed by atoms with Crippen molar-refractivity contribution in [2.45, 2.75) is 51.2 Å². The molecule has 20 heavy (non-hydrogen) atoms. The van der Waals surface area contributed by atoms with Gasteiger partial charge in [-0.25, -0.2) is 0 Å². The first-order chi connectivity index (χ1) is 9.72. The Morgan fingerprint density at radius 2 is 2.20 bits per heavy atom. The minimum atomic E-state index is 0.386. The number of fused-ring (bicyclic) bond motifs is 3. The number of hydrogen-bond donors (Lipinski definition) is 1. The predicted molar refractivity (Wildman–Crippen MR) is 84.5 cm³/mol. The SMILES string of the molecule is CC1c2cccn2CCN1C(=S)NC1CC2CCC1C2. The van der Waals surface area contributed by atoms with Crippen LogP contribution in [0.3, 0.4) is 0 Å². The zero-order valence-electron chi connectivity index (χ0n) is 12.1. The van der Waals surface area contributed by atoms with Crippen molar-refractivity contribution < 1.29 is 0 Å². The van der Waals surface area contributed by atoms with Crippen LogP contribution >= 0.6 is 12.2 Å². The van der Waals surface area contributed by atoms with Gasteiger partial charge in [0.25, 0.3) is 0 Å². The maximum Gasteiger partial charge on any atom is 0.169 e. The molecule has 1 aromatic heterocycles. The molecule has 2 saturated carbocycles. The number of nitrogens with one attached hydrogen (secondary N) is 1. The molecule has 0 saturated heterocycles. The zero-order chi connectivity index (χ0) is 13.7. The molecule has 2 fully saturated rings. The lowest BCUT2D eigenvalue weighted by Crippen LogP contribution is -2.50. The lowest BCUT2D eigenvalue weighted by atomic mass is 9.95. The van der Waals surface area contributed by atoms with Crippen molar-refractivity contribution in [3.05, 3.63) is 24.0 Å². The van der Waals surface area contributed by atoms with E-state index in [1.54, 1.807) is 0 Å². The van der Waals surface area contributed by atoms with Crippen molar-refractivity contribution in [3.63, 3.8) is 0 Å². The van der Waals surface area contributed by atoms with Crippen LogP contribution in [0.2, 0.25) is 0 Å². The lowest BCUT2D eigenvalue weighted by Gasteiger charge is -2.38. The molecule has 0 spiro atoms. The minimum absolute atomic E-state index is 0.386. The highest BCUT2D eigenvalue weighted by atomic mass is 32.1. The Labute approximate surface area is 126 Å². The number of thiocarbonyl (C=S) groups is 1. The van der Waals surface area contributed by atoms with Crippen molar-refractivity contribution in [1.29, 1.82) is 0 Å². The second kappa shape index (κ2) is 4.76. The van der Waals surface area contributed by atoms with Crippen LogP contribution in [0, 0.1) is 11.8 Å². The molecular weight excluding hydrogens is 266 g/mol. The molecule has 4 rings (SSSR count). The van der Waals surface area contributed by atoms with E-state index < -0.39 is 0 Å². The van der Waals surface area contributed by atoms with E-state index in [1.165, 1.54) is 31.4 Å². The Hall–Kier alpha value is -1.03. The van der Waals surface area contributed by atoms with E-state index in [-0.39, 0.29) is 0 Å². The van der Waals surface area contributed by atoms with E-state index >= 15 is 0 Å². The normalized spacial score (nSPS) is 35.1. The number of nitrogens with zero attached hydrogens (tertiary/aromatic N) is 2. The molecule has 1 aliphatic heterocycles. The first-order valence-electron chi connectivity index (χ1n) is 7.94. The van der Waals surface area contributed by atoms with Crippen LogP contribution in [0.25, 0.3) is 0 Å². The van der Waals surface area contributed by atoms with Crippen molar-refractivity contribution in [2.24, 2.45) is 11.8 Å². The Kier molecular flexibility index (Phi) is 3.02. The van der Waals surface area contributed by atoms with Crippen LogP contribution < -0.4 is 5.32 Å². The third kappa shape index (κ3) is 1.96. The highest BCUT2D eigenvalue weighted by Gasteiger charge is 2.40. The summed E-state index contributed by atoms with van der Waals surface area (Å²) in [4.78, 5) is 2.37. The van der Waals surface area contributed by atoms with E-state index in [2.05, 4.69) is 40.0 Å². The van der Waals surface area contributed by atoms with Crippen LogP contribution in [0.5, 0.6) is 0 Å². The summed E-state index contributed by atoms with van der Waals surface area (Å²) in [5, 5.41) is 4.66. The molecule has 1 N–H and O–H groups in total. The molecule has 0 amide bonds. The lowest BCUT2D eigenvalue weighted by molar-refractivity contribution is 0.261. The number of hydrogen-bond acceptors (Lipinski definition) is 1. The molecule has 3 aliphatic rings. The smallest absolute Gasteiger partial charge is 0.169 e. The molecule has 1 aromatic rings. The maximum absolute atomic E-state index is 5.71. The van der Waals surface area contributed by atoms with Gasteiger partial charge in [-0.1, -0.05) is 6.42 Å². The largest absolute Gasteiger partial charge is 0.360 e. The molecule has 4 heteroatoms. The molecule has 0 radical (unpaired) electrons. The van der Waals surface area contributed by atoms with E-state index in [0.717, 1.165) is 30.0 Å². The molecule has 108 valence electrons. The van der Waals surface area contributed by atoms with Crippen molar-refractivity contribution in [3.8, 4) is 0 Å². The van der Waals surface area contributed by atoms with Crippen molar-refractivity contribution >= 4 is 17.3 Å². The van der Waals surface area contributed by atoms with Crippen molar-refractivity contribution in [2.75, 3.05) is 6.54 Å². The number of rotatable bonds is 1. The van der Waals surface area contributed by atoms with Crippen LogP contribution in [0.1, 0.15) is 44.3 Å². The average molecular weight is 289 g/mol. The summed E-state index contributed by atoms with van der Waals surface area (Å²) in [6.07, 6.45) is 7.80. The van der Waals surface area contributed by atoms with E-state index in [1.807, 2.05) is 0 Å².